The van der Waals surface area contributed by atoms with E-state index >= 15 is 0 Å². The molecule has 1 atom stereocenters. The Bertz CT molecular complexity index is 272. The van der Waals surface area contributed by atoms with Gasteiger partial charge in [0.15, 0.2) is 0 Å². The van der Waals surface area contributed by atoms with Gasteiger partial charge in [0.25, 0.3) is 5.91 Å². The minimum absolute atomic E-state index is 0.105. The first-order chi connectivity index (χ1) is 4.90. The Balaban J connectivity index is 4.82. The van der Waals surface area contributed by atoms with Gasteiger partial charge in [0, 0.05) is 11.5 Å². The molecule has 0 bridgehead atoms. The van der Waals surface area contributed by atoms with Crippen molar-refractivity contribution in [3.05, 3.63) is 12.7 Å². The Labute approximate surface area is 67.7 Å². The molecule has 64 valence electrons. The van der Waals surface area contributed by atoms with Gasteiger partial charge >= 0.3 is 0 Å². The minimum atomic E-state index is -2.36. The number of hydrogen-bond donors (Lipinski definition) is 0. The second-order valence-electron chi connectivity index (χ2n) is 2.54. The highest BCUT2D eigenvalue weighted by molar-refractivity contribution is 7.93. The molecule has 1 unspecified atom stereocenters. The van der Waals surface area contributed by atoms with E-state index in [-0.39, 0.29) is 5.25 Å². The summed E-state index contributed by atoms with van der Waals surface area (Å²) in [6, 6.07) is 0. The molecule has 11 heavy (non-hydrogen) atoms. The normalized spacial score (nSPS) is 15.6. The quantitative estimate of drug-likeness (QED) is 0.592. The van der Waals surface area contributed by atoms with Crippen LogP contribution in [0.4, 0.5) is 0 Å². The average molecular weight is 175 g/mol. The molecule has 0 N–H and O–H groups in total. The Kier molecular flexibility index (Phi) is 3.45. The summed E-state index contributed by atoms with van der Waals surface area (Å²) < 4.78 is 14.9. The van der Waals surface area contributed by atoms with Crippen molar-refractivity contribution in [2.24, 2.45) is 4.36 Å². The lowest BCUT2D eigenvalue weighted by molar-refractivity contribution is -0.113. The summed E-state index contributed by atoms with van der Waals surface area (Å²) in [5.74, 6) is -0.508. The molecular formula is C7H13NO2S. The largest absolute Gasteiger partial charge is 0.277 e. The van der Waals surface area contributed by atoms with Crippen LogP contribution in [0.15, 0.2) is 17.0 Å². The van der Waals surface area contributed by atoms with E-state index in [9.17, 15) is 9.00 Å². The Morgan fingerprint density at radius 3 is 2.36 bits per heavy atom. The van der Waals surface area contributed by atoms with Gasteiger partial charge in [0.2, 0.25) is 0 Å². The zero-order valence-corrected chi connectivity index (χ0v) is 7.85. The molecule has 0 aromatic carbocycles. The second kappa shape index (κ2) is 3.67. The van der Waals surface area contributed by atoms with Crippen molar-refractivity contribution in [3.8, 4) is 0 Å². The van der Waals surface area contributed by atoms with Crippen molar-refractivity contribution in [1.29, 1.82) is 0 Å². The molecule has 0 saturated carbocycles. The van der Waals surface area contributed by atoms with Gasteiger partial charge < -0.3 is 0 Å². The van der Waals surface area contributed by atoms with Crippen molar-refractivity contribution in [3.63, 3.8) is 0 Å². The molecule has 3 nitrogen and oxygen atoms in total. The third-order valence-electron chi connectivity index (χ3n) is 1.32. The first kappa shape index (κ1) is 10.4. The summed E-state index contributed by atoms with van der Waals surface area (Å²) in [4.78, 5) is 10.7. The maximum Gasteiger partial charge on any atom is 0.277 e. The molecule has 1 amide bonds. The van der Waals surface area contributed by atoms with Gasteiger partial charge in [-0.05, 0) is 6.08 Å². The van der Waals surface area contributed by atoms with E-state index < -0.39 is 15.6 Å². The van der Waals surface area contributed by atoms with E-state index in [0.29, 0.717) is 0 Å². The van der Waals surface area contributed by atoms with Crippen LogP contribution in [-0.2, 0) is 14.5 Å². The molecular weight excluding hydrogens is 162 g/mol. The van der Waals surface area contributed by atoms with Crippen LogP contribution in [0.25, 0.3) is 0 Å². The Morgan fingerprint density at radius 1 is 1.64 bits per heavy atom. The molecule has 0 rings (SSSR count). The number of nitrogens with zero attached hydrogens (tertiary/aromatic N) is 1. The molecule has 0 aliphatic carbocycles. The molecule has 0 fully saturated rings. The molecule has 0 aromatic heterocycles. The summed E-state index contributed by atoms with van der Waals surface area (Å²) in [5.41, 5.74) is 0. The third kappa shape index (κ3) is 3.32. The van der Waals surface area contributed by atoms with Gasteiger partial charge in [0.05, 0.1) is 9.73 Å². The predicted octanol–water partition coefficient (Wildman–Crippen LogP) is 1.21. The fourth-order valence-corrected chi connectivity index (χ4v) is 0.964. The summed E-state index contributed by atoms with van der Waals surface area (Å²) >= 11 is 0. The topological polar surface area (TPSA) is 46.5 Å². The van der Waals surface area contributed by atoms with Crippen LogP contribution < -0.4 is 0 Å². The van der Waals surface area contributed by atoms with E-state index in [2.05, 4.69) is 10.9 Å². The van der Waals surface area contributed by atoms with Crippen LogP contribution in [0.5, 0.6) is 0 Å². The summed E-state index contributed by atoms with van der Waals surface area (Å²) in [6.07, 6.45) is 2.53. The van der Waals surface area contributed by atoms with E-state index in [1.54, 1.807) is 13.8 Å². The maximum absolute atomic E-state index is 11.4. The van der Waals surface area contributed by atoms with Gasteiger partial charge in [-0.3, -0.25) is 4.79 Å². The van der Waals surface area contributed by atoms with E-state index in [4.69, 9.17) is 0 Å². The van der Waals surface area contributed by atoms with E-state index in [1.807, 2.05) is 0 Å². The number of rotatable bonds is 2. The Hall–Kier alpha value is -0.640. The van der Waals surface area contributed by atoms with Crippen molar-refractivity contribution in [1.82, 2.24) is 0 Å². The Morgan fingerprint density at radius 2 is 2.09 bits per heavy atom. The highest BCUT2D eigenvalue weighted by Gasteiger charge is 2.08. The number of hydrogen-bond acceptors (Lipinski definition) is 2. The summed E-state index contributed by atoms with van der Waals surface area (Å²) in [7, 11) is -2.36. The zero-order chi connectivity index (χ0) is 9.07. The van der Waals surface area contributed by atoms with Crippen LogP contribution in [-0.4, -0.2) is 21.6 Å². The molecule has 0 aliphatic heterocycles. The van der Waals surface area contributed by atoms with Gasteiger partial charge in [-0.25, -0.2) is 4.21 Å². The van der Waals surface area contributed by atoms with Gasteiger partial charge in [-0.2, -0.15) is 4.36 Å². The van der Waals surface area contributed by atoms with Crippen molar-refractivity contribution in [2.45, 2.75) is 19.1 Å². The fourth-order valence-electron chi connectivity index (χ4n) is 0.321. The minimum Gasteiger partial charge on any atom is -0.267 e. The standard InChI is InChI=1S/C7H13NO2S/c1-5-7(9)8-11(4,10)6(2)3/h5-6H,1H2,2-4H3. The van der Waals surface area contributed by atoms with Crippen LogP contribution in [0, 0.1) is 0 Å². The summed E-state index contributed by atoms with van der Waals surface area (Å²) in [5, 5.41) is -0.105. The van der Waals surface area contributed by atoms with Crippen LogP contribution in [0.1, 0.15) is 13.8 Å². The third-order valence-corrected chi connectivity index (χ3v) is 3.61. The molecule has 0 aliphatic rings. The lowest BCUT2D eigenvalue weighted by Crippen LogP contribution is -2.12. The van der Waals surface area contributed by atoms with Gasteiger partial charge in [-0.1, -0.05) is 20.4 Å². The first-order valence-corrected chi connectivity index (χ1v) is 5.26. The highest BCUT2D eigenvalue weighted by Crippen LogP contribution is 2.01. The SMILES string of the molecule is C=CC(=O)N=S(C)(=O)C(C)C. The van der Waals surface area contributed by atoms with Crippen LogP contribution >= 0.6 is 0 Å². The number of amides is 1. The molecule has 0 aromatic rings. The van der Waals surface area contributed by atoms with Crippen molar-refractivity contribution >= 4 is 15.6 Å². The maximum atomic E-state index is 11.4. The van der Waals surface area contributed by atoms with Crippen LogP contribution in [0.2, 0.25) is 0 Å². The zero-order valence-electron chi connectivity index (χ0n) is 7.03. The molecule has 4 heteroatoms. The average Bonchev–Trinajstić information content (AvgIpc) is 1.86. The lowest BCUT2D eigenvalue weighted by Gasteiger charge is -2.04. The lowest BCUT2D eigenvalue weighted by atomic mass is 10.6. The molecule has 0 radical (unpaired) electrons. The second-order valence-corrected chi connectivity index (χ2v) is 5.39. The van der Waals surface area contributed by atoms with Gasteiger partial charge in [0.1, 0.15) is 0 Å². The van der Waals surface area contributed by atoms with E-state index in [0.717, 1.165) is 6.08 Å². The number of carbonyl (C=O) groups excluding carboxylic acids is 1. The van der Waals surface area contributed by atoms with E-state index in [1.165, 1.54) is 6.26 Å². The van der Waals surface area contributed by atoms with Crippen molar-refractivity contribution < 1.29 is 9.00 Å². The highest BCUT2D eigenvalue weighted by atomic mass is 32.2. The monoisotopic (exact) mass is 175 g/mol. The molecule has 0 spiro atoms. The first-order valence-electron chi connectivity index (χ1n) is 3.27. The number of carbonyl (C=O) groups is 1. The fraction of sp³-hybridized carbons (Fsp3) is 0.571. The smallest absolute Gasteiger partial charge is 0.267 e. The van der Waals surface area contributed by atoms with Gasteiger partial charge in [-0.15, -0.1) is 0 Å². The summed E-state index contributed by atoms with van der Waals surface area (Å²) in [6.45, 7) is 6.77. The predicted molar refractivity (Wildman–Crippen MR) is 46.8 cm³/mol. The van der Waals surface area contributed by atoms with Crippen LogP contribution in [0.3, 0.4) is 0 Å². The van der Waals surface area contributed by atoms with Crippen molar-refractivity contribution in [2.75, 3.05) is 6.26 Å². The molecule has 0 heterocycles. The molecule has 0 saturated heterocycles.